The number of carbonyl (C=O) groups is 2. The standard InChI is InChI=1S/C49H52N4O8/c1-57-30-26-52(27-31-58-2)42-22-18-38(19-23-42)46-44(36-10-14-40(15-11-36)48(54)55)50-47(39-20-24-43(25-21-39)53(28-32-59-3)29-33-60-4)45(51-46)37-12-16-41(17-13-37)49(56)61-34-35-8-6-5-7-9-35/h5-25H,26-34H2,1-4H3,(H,54,55). The van der Waals surface area contributed by atoms with Crippen LogP contribution in [0.25, 0.3) is 45.0 Å². The SMILES string of the molecule is COCCN(CCOC)c1ccc(-c2nc(-c3ccc(C(=O)OCc4ccccc4)cc3)c(-c3ccc(N(CCOC)CCOC)cc3)nc2-c2ccc(C(=O)O)cc2)cc1. The lowest BCUT2D eigenvalue weighted by molar-refractivity contribution is 0.0472. The van der Waals surface area contributed by atoms with Gasteiger partial charge in [0.05, 0.1) is 60.3 Å². The van der Waals surface area contributed by atoms with E-state index in [4.69, 9.17) is 33.7 Å². The highest BCUT2D eigenvalue weighted by atomic mass is 16.5. The van der Waals surface area contributed by atoms with Gasteiger partial charge in [-0.1, -0.05) is 78.9 Å². The van der Waals surface area contributed by atoms with Crippen molar-refractivity contribution in [2.75, 3.05) is 90.8 Å². The molecule has 0 atom stereocenters. The largest absolute Gasteiger partial charge is 0.478 e. The van der Waals surface area contributed by atoms with Crippen molar-refractivity contribution in [1.82, 2.24) is 9.97 Å². The van der Waals surface area contributed by atoms with E-state index in [0.717, 1.165) is 33.6 Å². The van der Waals surface area contributed by atoms with Gasteiger partial charge in [0, 0.05) is 88.2 Å². The predicted octanol–water partition coefficient (Wildman–Crippen LogP) is 8.40. The summed E-state index contributed by atoms with van der Waals surface area (Å²) in [5, 5.41) is 9.71. The Morgan fingerprint density at radius 3 is 1.16 bits per heavy atom. The molecule has 6 aromatic rings. The molecular formula is C49H52N4O8. The summed E-state index contributed by atoms with van der Waals surface area (Å²) in [6.45, 7) is 5.13. The Bertz CT molecular complexity index is 2290. The van der Waals surface area contributed by atoms with E-state index in [2.05, 4.69) is 9.80 Å². The highest BCUT2D eigenvalue weighted by Gasteiger charge is 2.21. The Labute approximate surface area is 357 Å². The first-order chi connectivity index (χ1) is 29.8. The quantitative estimate of drug-likeness (QED) is 0.0660. The summed E-state index contributed by atoms with van der Waals surface area (Å²) in [6.07, 6.45) is 0. The Morgan fingerprint density at radius 1 is 0.475 bits per heavy atom. The first-order valence-corrected chi connectivity index (χ1v) is 20.1. The number of hydrogen-bond acceptors (Lipinski definition) is 11. The molecule has 0 aliphatic rings. The van der Waals surface area contributed by atoms with E-state index in [9.17, 15) is 14.7 Å². The van der Waals surface area contributed by atoms with Crippen LogP contribution in [0, 0.1) is 0 Å². The molecule has 61 heavy (non-hydrogen) atoms. The zero-order valence-corrected chi connectivity index (χ0v) is 35.1. The number of benzene rings is 5. The summed E-state index contributed by atoms with van der Waals surface area (Å²) in [5.41, 5.74) is 8.90. The molecule has 0 amide bonds. The van der Waals surface area contributed by atoms with E-state index in [1.165, 1.54) is 0 Å². The van der Waals surface area contributed by atoms with Crippen LogP contribution in [0.4, 0.5) is 11.4 Å². The van der Waals surface area contributed by atoms with Crippen molar-refractivity contribution in [3.8, 4) is 45.0 Å². The normalized spacial score (nSPS) is 11.0. The lowest BCUT2D eigenvalue weighted by atomic mass is 9.98. The molecular weight excluding hydrogens is 773 g/mol. The topological polar surface area (TPSA) is 133 Å². The molecule has 0 aliphatic carbocycles. The molecule has 0 unspecified atom stereocenters. The van der Waals surface area contributed by atoms with Crippen LogP contribution in [0.3, 0.4) is 0 Å². The molecule has 316 valence electrons. The smallest absolute Gasteiger partial charge is 0.338 e. The Hall–Kier alpha value is -6.44. The number of aromatic nitrogens is 2. The fourth-order valence-electron chi connectivity index (χ4n) is 6.79. The van der Waals surface area contributed by atoms with Gasteiger partial charge in [0.25, 0.3) is 0 Å². The molecule has 0 radical (unpaired) electrons. The minimum absolute atomic E-state index is 0.162. The molecule has 1 heterocycles. The van der Waals surface area contributed by atoms with Crippen molar-refractivity contribution < 1.29 is 38.4 Å². The molecule has 12 nitrogen and oxygen atoms in total. The van der Waals surface area contributed by atoms with Gasteiger partial charge >= 0.3 is 11.9 Å². The third-order valence-corrected chi connectivity index (χ3v) is 10.2. The van der Waals surface area contributed by atoms with Crippen LogP contribution in [-0.4, -0.2) is 108 Å². The van der Waals surface area contributed by atoms with Gasteiger partial charge in [-0.15, -0.1) is 0 Å². The van der Waals surface area contributed by atoms with Gasteiger partial charge in [-0.25, -0.2) is 19.6 Å². The number of hydrogen-bond donors (Lipinski definition) is 1. The first-order valence-electron chi connectivity index (χ1n) is 20.1. The van der Waals surface area contributed by atoms with E-state index < -0.39 is 11.9 Å². The minimum atomic E-state index is -1.02. The second-order valence-electron chi connectivity index (χ2n) is 14.2. The summed E-state index contributed by atoms with van der Waals surface area (Å²) in [7, 11) is 6.73. The second kappa shape index (κ2) is 22.2. The fraction of sp³-hybridized carbons (Fsp3) is 0.265. The molecule has 12 heteroatoms. The number of anilines is 2. The van der Waals surface area contributed by atoms with Crippen molar-refractivity contribution in [2.45, 2.75) is 6.61 Å². The number of methoxy groups -OCH3 is 4. The van der Waals surface area contributed by atoms with Crippen LogP contribution in [-0.2, 0) is 30.3 Å². The molecule has 0 bridgehead atoms. The van der Waals surface area contributed by atoms with Gasteiger partial charge in [0.2, 0.25) is 0 Å². The first kappa shape index (κ1) is 44.1. The lowest BCUT2D eigenvalue weighted by Gasteiger charge is -2.25. The molecule has 0 fully saturated rings. The van der Waals surface area contributed by atoms with Crippen molar-refractivity contribution in [3.63, 3.8) is 0 Å². The van der Waals surface area contributed by atoms with Crippen LogP contribution < -0.4 is 9.80 Å². The van der Waals surface area contributed by atoms with Crippen LogP contribution in [0.15, 0.2) is 127 Å². The summed E-state index contributed by atoms with van der Waals surface area (Å²) >= 11 is 0. The van der Waals surface area contributed by atoms with Gasteiger partial charge in [-0.2, -0.15) is 0 Å². The summed E-state index contributed by atoms with van der Waals surface area (Å²) in [5.74, 6) is -1.46. The summed E-state index contributed by atoms with van der Waals surface area (Å²) < 4.78 is 27.2. The molecule has 0 aliphatic heterocycles. The number of carboxylic acid groups (broad SMARTS) is 1. The van der Waals surface area contributed by atoms with Gasteiger partial charge in [-0.3, -0.25) is 0 Å². The number of carbonyl (C=O) groups excluding carboxylic acids is 1. The highest BCUT2D eigenvalue weighted by molar-refractivity contribution is 5.92. The lowest BCUT2D eigenvalue weighted by Crippen LogP contribution is -2.30. The Kier molecular flexibility index (Phi) is 16.1. The molecule has 1 aromatic heterocycles. The molecule has 1 N–H and O–H groups in total. The number of rotatable bonds is 22. The molecule has 0 saturated heterocycles. The maximum atomic E-state index is 13.1. The van der Waals surface area contributed by atoms with Crippen molar-refractivity contribution >= 4 is 23.3 Å². The summed E-state index contributed by atoms with van der Waals surface area (Å²) in [6, 6.07) is 39.6. The van der Waals surface area contributed by atoms with Gasteiger partial charge in [-0.05, 0) is 54.1 Å². The minimum Gasteiger partial charge on any atom is -0.478 e. The highest BCUT2D eigenvalue weighted by Crippen LogP contribution is 2.38. The summed E-state index contributed by atoms with van der Waals surface area (Å²) in [4.78, 5) is 40.2. The molecule has 6 rings (SSSR count). The zero-order valence-electron chi connectivity index (χ0n) is 35.1. The van der Waals surface area contributed by atoms with Crippen molar-refractivity contribution in [3.05, 3.63) is 144 Å². The zero-order chi connectivity index (χ0) is 43.0. The monoisotopic (exact) mass is 824 g/mol. The van der Waals surface area contributed by atoms with E-state index >= 15 is 0 Å². The molecule has 5 aromatic carbocycles. The van der Waals surface area contributed by atoms with E-state index in [1.807, 2.05) is 91.0 Å². The average molecular weight is 825 g/mol. The molecule has 0 saturated carbocycles. The number of nitrogens with zero attached hydrogens (tertiary/aromatic N) is 4. The second-order valence-corrected chi connectivity index (χ2v) is 14.2. The van der Waals surface area contributed by atoms with E-state index in [1.54, 1.807) is 64.8 Å². The molecule has 0 spiro atoms. The fourth-order valence-corrected chi connectivity index (χ4v) is 6.79. The van der Waals surface area contributed by atoms with Crippen molar-refractivity contribution in [2.24, 2.45) is 0 Å². The van der Waals surface area contributed by atoms with E-state index in [0.29, 0.717) is 86.5 Å². The Morgan fingerprint density at radius 2 is 0.820 bits per heavy atom. The van der Waals surface area contributed by atoms with Crippen molar-refractivity contribution in [1.29, 1.82) is 0 Å². The van der Waals surface area contributed by atoms with Crippen LogP contribution in [0.1, 0.15) is 26.3 Å². The average Bonchev–Trinajstić information content (AvgIpc) is 3.31. The third kappa shape index (κ3) is 11.6. The number of esters is 1. The van der Waals surface area contributed by atoms with Crippen LogP contribution in [0.5, 0.6) is 0 Å². The number of aromatic carboxylic acids is 1. The maximum Gasteiger partial charge on any atom is 0.338 e. The number of carboxylic acids is 1. The van der Waals surface area contributed by atoms with Gasteiger partial charge in [0.1, 0.15) is 6.61 Å². The maximum absolute atomic E-state index is 13.1. The van der Waals surface area contributed by atoms with E-state index in [-0.39, 0.29) is 12.2 Å². The van der Waals surface area contributed by atoms with Gasteiger partial charge < -0.3 is 38.6 Å². The Balaban J connectivity index is 1.48. The van der Waals surface area contributed by atoms with Gasteiger partial charge in [0.15, 0.2) is 0 Å². The third-order valence-electron chi connectivity index (χ3n) is 10.2. The number of ether oxygens (including phenoxy) is 5. The van der Waals surface area contributed by atoms with Crippen LogP contribution in [0.2, 0.25) is 0 Å². The predicted molar refractivity (Wildman–Crippen MR) is 238 cm³/mol. The van der Waals surface area contributed by atoms with Crippen LogP contribution >= 0.6 is 0 Å².